The molecule has 0 aliphatic carbocycles. The van der Waals surface area contributed by atoms with Gasteiger partial charge in [0.1, 0.15) is 19.0 Å². The van der Waals surface area contributed by atoms with Crippen LogP contribution in [0.2, 0.25) is 0 Å². The molecule has 0 fully saturated rings. The Morgan fingerprint density at radius 2 is 1.82 bits per heavy atom. The smallest absolute Gasteiger partial charge is 0.368 e. The lowest BCUT2D eigenvalue weighted by Gasteiger charge is -2.07. The van der Waals surface area contributed by atoms with Crippen LogP contribution < -0.4 is 5.73 Å². The molecule has 2 N–H and O–H groups in total. The van der Waals surface area contributed by atoms with Crippen LogP contribution >= 0.6 is 0 Å². The quantitative estimate of drug-likeness (QED) is 0.856. The molecule has 0 aromatic carbocycles. The van der Waals surface area contributed by atoms with E-state index in [1.165, 1.54) is 0 Å². The summed E-state index contributed by atoms with van der Waals surface area (Å²) in [4.78, 5) is 11.5. The first-order valence-corrected chi connectivity index (χ1v) is 5.04. The molecule has 0 unspecified atom stereocenters. The Hall–Kier alpha value is -1.44. The predicted molar refractivity (Wildman–Crippen MR) is 53.9 cm³/mol. The molecule has 0 saturated carbocycles. The highest BCUT2D eigenvalue weighted by atomic mass is 19.4. The summed E-state index contributed by atoms with van der Waals surface area (Å²) >= 11 is 0. The second-order valence-corrected chi connectivity index (χ2v) is 3.38. The molecule has 17 heavy (non-hydrogen) atoms. The molecule has 0 spiro atoms. The van der Waals surface area contributed by atoms with Crippen molar-refractivity contribution in [2.75, 3.05) is 12.3 Å². The highest BCUT2D eigenvalue weighted by Crippen LogP contribution is 2.15. The summed E-state index contributed by atoms with van der Waals surface area (Å²) in [6, 6.07) is 0. The molecule has 0 aliphatic rings. The van der Waals surface area contributed by atoms with E-state index in [2.05, 4.69) is 19.7 Å². The third kappa shape index (κ3) is 5.43. The zero-order valence-electron chi connectivity index (χ0n) is 9.29. The van der Waals surface area contributed by atoms with Gasteiger partial charge in [-0.05, 0) is 6.42 Å². The third-order valence-electron chi connectivity index (χ3n) is 1.72. The van der Waals surface area contributed by atoms with Gasteiger partial charge in [0.05, 0.1) is 0 Å². The monoisotopic (exact) mass is 250 g/mol. The van der Waals surface area contributed by atoms with Gasteiger partial charge < -0.3 is 10.5 Å². The maximum Gasteiger partial charge on any atom is 0.411 e. The number of aromatic nitrogens is 3. The molecule has 1 rings (SSSR count). The van der Waals surface area contributed by atoms with Crippen LogP contribution in [0.3, 0.4) is 0 Å². The number of nitrogen functional groups attached to an aromatic ring is 1. The summed E-state index contributed by atoms with van der Waals surface area (Å²) in [5.41, 5.74) is 5.41. The van der Waals surface area contributed by atoms with Gasteiger partial charge in [-0.3, -0.25) is 0 Å². The number of ether oxygens (including phenoxy) is 1. The minimum atomic E-state index is -4.36. The van der Waals surface area contributed by atoms with Crippen molar-refractivity contribution in [2.24, 2.45) is 0 Å². The van der Waals surface area contributed by atoms with Crippen LogP contribution in [0.4, 0.5) is 19.1 Å². The van der Waals surface area contributed by atoms with Crippen LogP contribution in [0.1, 0.15) is 25.0 Å². The molecule has 1 aromatic heterocycles. The molecule has 1 heterocycles. The number of nitrogens with two attached hydrogens (primary N) is 1. The van der Waals surface area contributed by atoms with E-state index in [9.17, 15) is 13.2 Å². The fourth-order valence-electron chi connectivity index (χ4n) is 1.15. The molecule has 0 aliphatic heterocycles. The number of alkyl halides is 3. The number of rotatable bonds is 5. The molecule has 8 heteroatoms. The summed E-state index contributed by atoms with van der Waals surface area (Å²) < 4.78 is 39.9. The van der Waals surface area contributed by atoms with Gasteiger partial charge in [-0.15, -0.1) is 0 Å². The van der Waals surface area contributed by atoms with Crippen molar-refractivity contribution in [3.05, 3.63) is 11.6 Å². The van der Waals surface area contributed by atoms with Crippen LogP contribution in [-0.2, 0) is 17.8 Å². The van der Waals surface area contributed by atoms with E-state index in [-0.39, 0.29) is 18.4 Å². The second-order valence-electron chi connectivity index (χ2n) is 3.38. The number of hydrogen-bond donors (Lipinski definition) is 1. The molecule has 5 nitrogen and oxygen atoms in total. The van der Waals surface area contributed by atoms with E-state index in [4.69, 9.17) is 5.73 Å². The molecule has 0 amide bonds. The SMILES string of the molecule is CCCc1nc(N)nc(COCC(F)(F)F)n1. The molecule has 0 atom stereocenters. The summed E-state index contributed by atoms with van der Waals surface area (Å²) in [5.74, 6) is 0.574. The molecular weight excluding hydrogens is 237 g/mol. The Balaban J connectivity index is 2.58. The largest absolute Gasteiger partial charge is 0.411 e. The fourth-order valence-corrected chi connectivity index (χ4v) is 1.15. The van der Waals surface area contributed by atoms with Gasteiger partial charge in [0.2, 0.25) is 5.95 Å². The maximum atomic E-state index is 11.8. The van der Waals surface area contributed by atoms with E-state index in [1.54, 1.807) is 0 Å². The zero-order chi connectivity index (χ0) is 12.9. The third-order valence-corrected chi connectivity index (χ3v) is 1.72. The first-order chi connectivity index (χ1) is 7.90. The Bertz CT molecular complexity index is 370. The predicted octanol–water partition coefficient (Wildman–Crippen LogP) is 1.49. The Labute approximate surface area is 96.2 Å². The molecule has 0 bridgehead atoms. The summed E-state index contributed by atoms with van der Waals surface area (Å²) in [6.07, 6.45) is -2.95. The van der Waals surface area contributed by atoms with Crippen LogP contribution in [-0.4, -0.2) is 27.7 Å². The lowest BCUT2D eigenvalue weighted by Crippen LogP contribution is -2.18. The van der Waals surface area contributed by atoms with Gasteiger partial charge in [0, 0.05) is 6.42 Å². The Morgan fingerprint density at radius 1 is 1.18 bits per heavy atom. The van der Waals surface area contributed by atoms with Gasteiger partial charge >= 0.3 is 6.18 Å². The van der Waals surface area contributed by atoms with Crippen molar-refractivity contribution >= 4 is 5.95 Å². The second kappa shape index (κ2) is 5.76. The van der Waals surface area contributed by atoms with Gasteiger partial charge in [0.15, 0.2) is 5.82 Å². The topological polar surface area (TPSA) is 73.9 Å². The fraction of sp³-hybridized carbons (Fsp3) is 0.667. The lowest BCUT2D eigenvalue weighted by molar-refractivity contribution is -0.177. The minimum Gasteiger partial charge on any atom is -0.368 e. The average Bonchev–Trinajstić information content (AvgIpc) is 2.15. The first kappa shape index (κ1) is 13.6. The lowest BCUT2D eigenvalue weighted by atomic mass is 10.3. The van der Waals surface area contributed by atoms with Crippen LogP contribution in [0.5, 0.6) is 0 Å². The summed E-state index contributed by atoms with van der Waals surface area (Å²) in [7, 11) is 0. The molecule has 1 aromatic rings. The average molecular weight is 250 g/mol. The summed E-state index contributed by atoms with van der Waals surface area (Å²) in [5, 5.41) is 0. The van der Waals surface area contributed by atoms with Crippen molar-refractivity contribution < 1.29 is 17.9 Å². The van der Waals surface area contributed by atoms with Crippen molar-refractivity contribution in [2.45, 2.75) is 32.5 Å². The Kier molecular flexibility index (Phi) is 4.62. The number of nitrogens with zero attached hydrogens (tertiary/aromatic N) is 3. The van der Waals surface area contributed by atoms with Crippen molar-refractivity contribution in [3.8, 4) is 0 Å². The Morgan fingerprint density at radius 3 is 2.41 bits per heavy atom. The molecule has 0 radical (unpaired) electrons. The molecular formula is C9H13F3N4O. The van der Waals surface area contributed by atoms with E-state index < -0.39 is 12.8 Å². The van der Waals surface area contributed by atoms with Crippen LogP contribution in [0, 0.1) is 0 Å². The van der Waals surface area contributed by atoms with Crippen molar-refractivity contribution in [3.63, 3.8) is 0 Å². The van der Waals surface area contributed by atoms with Crippen molar-refractivity contribution in [1.82, 2.24) is 15.0 Å². The first-order valence-electron chi connectivity index (χ1n) is 5.04. The molecule has 96 valence electrons. The maximum absolute atomic E-state index is 11.8. The zero-order valence-corrected chi connectivity index (χ0v) is 9.29. The van der Waals surface area contributed by atoms with E-state index in [0.717, 1.165) is 6.42 Å². The van der Waals surface area contributed by atoms with Crippen molar-refractivity contribution in [1.29, 1.82) is 0 Å². The number of hydrogen-bond acceptors (Lipinski definition) is 5. The van der Waals surface area contributed by atoms with Gasteiger partial charge in [0.25, 0.3) is 0 Å². The van der Waals surface area contributed by atoms with E-state index >= 15 is 0 Å². The highest BCUT2D eigenvalue weighted by Gasteiger charge is 2.27. The number of aryl methyl sites for hydroxylation is 1. The summed E-state index contributed by atoms with van der Waals surface area (Å²) in [6.45, 7) is 0.268. The number of anilines is 1. The van der Waals surface area contributed by atoms with Crippen LogP contribution in [0.25, 0.3) is 0 Å². The van der Waals surface area contributed by atoms with E-state index in [1.807, 2.05) is 6.92 Å². The van der Waals surface area contributed by atoms with Gasteiger partial charge in [-0.25, -0.2) is 4.98 Å². The highest BCUT2D eigenvalue weighted by molar-refractivity contribution is 5.15. The minimum absolute atomic E-state index is 0.00550. The van der Waals surface area contributed by atoms with E-state index in [0.29, 0.717) is 12.2 Å². The normalized spacial score (nSPS) is 11.8. The molecule has 0 saturated heterocycles. The van der Waals surface area contributed by atoms with Gasteiger partial charge in [-0.1, -0.05) is 6.92 Å². The van der Waals surface area contributed by atoms with Crippen LogP contribution in [0.15, 0.2) is 0 Å². The number of halogens is 3. The van der Waals surface area contributed by atoms with Gasteiger partial charge in [-0.2, -0.15) is 23.1 Å². The standard InChI is InChI=1S/C9H13F3N4O/c1-2-3-6-14-7(16-8(13)15-6)4-17-5-9(10,11)12/h2-5H2,1H3,(H2,13,14,15,16).